The molecule has 0 unspecified atom stereocenters. The van der Waals surface area contributed by atoms with E-state index >= 15 is 0 Å². The van der Waals surface area contributed by atoms with Gasteiger partial charge in [0.2, 0.25) is 17.6 Å². The number of likely N-dealkylation sites (tertiary alicyclic amines) is 1. The number of halogens is 12. The van der Waals surface area contributed by atoms with Crippen molar-refractivity contribution in [2.45, 2.75) is 178 Å². The second-order valence-electron chi connectivity index (χ2n) is 36.3. The zero-order valence-electron chi connectivity index (χ0n) is 73.0. The highest BCUT2D eigenvalue weighted by Crippen LogP contribution is 2.46. The van der Waals surface area contributed by atoms with Crippen molar-refractivity contribution >= 4 is 86.5 Å². The third-order valence-electron chi connectivity index (χ3n) is 22.9. The molecule has 4 N–H and O–H groups in total. The second kappa shape index (κ2) is 39.3. The number of alkyl halides is 4. The number of amidine groups is 1. The van der Waals surface area contributed by atoms with Gasteiger partial charge in [0.1, 0.15) is 103 Å². The van der Waals surface area contributed by atoms with E-state index in [1.165, 1.54) is 23.1 Å². The molecule has 44 heteroatoms. The molecule has 9 aromatic heterocycles. The molecule has 0 radical (unpaired) electrons. The van der Waals surface area contributed by atoms with Gasteiger partial charge in [-0.3, -0.25) is 14.8 Å². The number of aromatic amines is 2. The number of anilines is 3. The minimum absolute atomic E-state index is 0.00675. The molecular weight excluding hydrogens is 1770 g/mol. The quantitative estimate of drug-likeness (QED) is 0.0272. The lowest BCUT2D eigenvalue weighted by molar-refractivity contribution is 0.0813. The summed E-state index contributed by atoms with van der Waals surface area (Å²) < 4.78 is 194. The first-order chi connectivity index (χ1) is 62.5. The van der Waals surface area contributed by atoms with E-state index in [4.69, 9.17) is 25.0 Å². The molecule has 14 heterocycles. The van der Waals surface area contributed by atoms with E-state index in [1.54, 1.807) is 53.5 Å². The Labute approximate surface area is 746 Å². The number of nitriles is 1. The molecule has 0 spiro atoms. The predicted molar refractivity (Wildman–Crippen MR) is 472 cm³/mol. The molecule has 5 aliphatic rings. The Morgan fingerprint density at radius 3 is 1.18 bits per heavy atom. The molecule has 18 rings (SSSR count). The average Bonchev–Trinajstić information content (AvgIpc) is 1.62. The molecule has 688 valence electrons. The van der Waals surface area contributed by atoms with Crippen LogP contribution in [-0.4, -0.2) is 202 Å². The topological polar surface area (TPSA) is 334 Å². The van der Waals surface area contributed by atoms with Gasteiger partial charge in [-0.15, -0.1) is 20.4 Å². The molecule has 0 saturated carbocycles. The highest BCUT2D eigenvalue weighted by Gasteiger charge is 2.44. The lowest BCUT2D eigenvalue weighted by atomic mass is 10.0. The number of H-pyrrole nitrogens is 2. The number of nitrogens with one attached hydrogen (secondary N) is 2. The molecule has 131 heavy (non-hydrogen) atoms. The standard InChI is InChI=1S/C23H27F3N8OSi.C23H28F3N5O2Si.C23H26F3N5OSi.C18H14F3N7/c1-36(2,3)7-6-35-13-34-22-18(8-14(11-27-22)21-28-31-32-29-21)23(30-34)33-12-16(25)10-20(33)17-9-15(24)4-5-19(17)26;1-34(2,3)7-6-33-13-31-22-18(8-14(11-28-22)21(27)32)23(29-31)30-12-16(25)10-20(30)17-9-15(24)4-5-19(17)26;1-33(2,3)7-6-32-14-31-22-19(8-15(11-27)12-28-22)23(29-31)30-13-17(25)10-21(30)18-9-16(24)4-5-20(18)26;19-10-1-2-14(21)12(4-10)16-5-11(20)8-28(16)18-13-3-9(17-24-26-27-25-17)6-22-15(13)7-23-18/h4-5,8-9,11,16,20H,6-7,10,12-13H2,1-3H3,(H,28,29,31,32);4-5,8-9,11,16,20H,6-7,10,12-13H2,1-3H3,(H2,27,32);4-5,8-9,12,17,21H,6-7,10,13-14H2,1-3H3;1-4,6,11,16H,5,7-8H2,(H,24,25,26,27)/t2*16-,20+;17-,21+;11-,16+/m0000/s1. The van der Waals surface area contributed by atoms with E-state index in [0.29, 0.717) is 117 Å². The Bertz CT molecular complexity index is 6350. The highest BCUT2D eigenvalue weighted by atomic mass is 28.3. The number of aromatic nitrogens is 18. The molecule has 8 atom stereocenters. The molecular formula is C87H95F12N25O4Si3. The summed E-state index contributed by atoms with van der Waals surface area (Å²) in [7, 11) is -3.83. The van der Waals surface area contributed by atoms with Crippen molar-refractivity contribution in [3.8, 4) is 28.8 Å². The fourth-order valence-corrected chi connectivity index (χ4v) is 18.5. The zero-order chi connectivity index (χ0) is 93.1. The van der Waals surface area contributed by atoms with Crippen LogP contribution in [-0.2, 0) is 40.9 Å². The summed E-state index contributed by atoms with van der Waals surface area (Å²) in [5.41, 5.74) is 10.3. The van der Waals surface area contributed by atoms with Crippen LogP contribution in [0, 0.1) is 57.9 Å². The number of hydrogen-bond donors (Lipinski definition) is 3. The number of pyridine rings is 4. The monoisotopic (exact) mass is 1870 g/mol. The molecule has 4 fully saturated rings. The van der Waals surface area contributed by atoms with Gasteiger partial charge in [0.05, 0.1) is 89.9 Å². The second-order valence-corrected chi connectivity index (χ2v) is 53.1. The molecule has 29 nitrogen and oxygen atoms in total. The first-order valence-corrected chi connectivity index (χ1v) is 53.6. The minimum atomic E-state index is -1.29. The molecule has 13 aromatic rings. The van der Waals surface area contributed by atoms with Gasteiger partial charge in [-0.2, -0.15) is 31.0 Å². The summed E-state index contributed by atoms with van der Waals surface area (Å²) in [6.07, 6.45) is 1.15. The van der Waals surface area contributed by atoms with Crippen LogP contribution in [0.4, 0.5) is 70.1 Å². The molecule has 4 aromatic carbocycles. The highest BCUT2D eigenvalue weighted by molar-refractivity contribution is 6.76. The van der Waals surface area contributed by atoms with E-state index in [-0.39, 0.29) is 99.9 Å². The number of nitrogens with two attached hydrogens (primary N) is 1. The van der Waals surface area contributed by atoms with Crippen LogP contribution in [0.1, 0.15) is 99.3 Å². The van der Waals surface area contributed by atoms with Crippen LogP contribution in [0.15, 0.2) is 127 Å². The van der Waals surface area contributed by atoms with Gasteiger partial charge in [0, 0.05) is 133 Å². The number of nitrogens with zero attached hydrogens (tertiary/aromatic N) is 22. The number of primary amides is 1. The zero-order valence-corrected chi connectivity index (χ0v) is 76.0. The van der Waals surface area contributed by atoms with Crippen LogP contribution in [0.25, 0.3) is 55.9 Å². The summed E-state index contributed by atoms with van der Waals surface area (Å²) >= 11 is 0. The first-order valence-electron chi connectivity index (χ1n) is 42.5. The smallest absolute Gasteiger partial charge is 0.250 e. The third-order valence-corrected chi connectivity index (χ3v) is 28.0. The maximum atomic E-state index is 14.7. The summed E-state index contributed by atoms with van der Waals surface area (Å²) in [5, 5.41) is 52.7. The molecule has 5 aliphatic heterocycles. The van der Waals surface area contributed by atoms with E-state index in [2.05, 4.69) is 141 Å². The number of carbonyl (C=O) groups excluding carboxylic acids is 1. The Morgan fingerprint density at radius 2 is 0.809 bits per heavy atom. The molecule has 0 bridgehead atoms. The van der Waals surface area contributed by atoms with Crippen molar-refractivity contribution in [3.05, 3.63) is 213 Å². The van der Waals surface area contributed by atoms with Crippen LogP contribution in [0.2, 0.25) is 77.1 Å². The fourth-order valence-electron chi connectivity index (χ4n) is 16.3. The van der Waals surface area contributed by atoms with Crippen molar-refractivity contribution in [1.29, 1.82) is 5.26 Å². The Morgan fingerprint density at radius 1 is 0.458 bits per heavy atom. The van der Waals surface area contributed by atoms with Gasteiger partial charge in [-0.05, 0) is 126 Å². The van der Waals surface area contributed by atoms with Gasteiger partial charge in [-0.1, -0.05) is 58.9 Å². The normalized spacial score (nSPS) is 19.2. The predicted octanol–water partition coefficient (Wildman–Crippen LogP) is 16.7. The number of ether oxygens (including phenoxy) is 3. The van der Waals surface area contributed by atoms with Crippen molar-refractivity contribution in [1.82, 2.24) is 95.4 Å². The van der Waals surface area contributed by atoms with E-state index in [1.807, 2.05) is 6.07 Å². The largest absolute Gasteiger partial charge is 0.366 e. The SMILES string of the molecule is C[Si](C)(C)CCOCn1nc(N2C[C@@H](F)C[C@@H]2c2cc(F)ccc2F)c2cc(-c3nn[nH]n3)cnc21.C[Si](C)(C)CCOCn1nc(N2C[C@@H](F)C[C@@H]2c2cc(F)ccc2F)c2cc(C#N)cnc21.C[Si](C)(C)CCOCn1nc(N2C[C@@H](F)C[C@@H]2c2cc(F)ccc2F)c2cc(C(N)=O)cnc21.Fc1ccc(F)c([C@H]2C[C@H](F)CN2C2=NCc3ncc(-c4nn[nH]n4)cc32)c1. The number of amides is 1. The number of rotatable bonds is 25. The Hall–Kier alpha value is -12.4. The van der Waals surface area contributed by atoms with Crippen LogP contribution >= 0.6 is 0 Å². The third kappa shape index (κ3) is 21.8. The number of benzene rings is 4. The number of fused-ring (bicyclic) bond motifs is 4. The van der Waals surface area contributed by atoms with Crippen molar-refractivity contribution < 1.29 is 71.7 Å². The van der Waals surface area contributed by atoms with Crippen molar-refractivity contribution in [2.24, 2.45) is 10.7 Å². The number of hydrogen-bond acceptors (Lipinski definition) is 23. The van der Waals surface area contributed by atoms with Crippen LogP contribution in [0.5, 0.6) is 0 Å². The van der Waals surface area contributed by atoms with Gasteiger partial charge < -0.3 is 39.5 Å². The Kier molecular flexibility index (Phi) is 28.0. The first kappa shape index (κ1) is 93.2. The van der Waals surface area contributed by atoms with Gasteiger partial charge in [0.25, 0.3) is 0 Å². The van der Waals surface area contributed by atoms with E-state index in [0.717, 1.165) is 96.6 Å². The molecule has 4 saturated heterocycles. The number of aliphatic imine (C=N–C) groups is 1. The fraction of sp³-hybridized carbons (Fsp3) is 0.402. The number of carbonyl (C=O) groups is 1. The lowest BCUT2D eigenvalue weighted by Crippen LogP contribution is -2.32. The summed E-state index contributed by atoms with van der Waals surface area (Å²) in [5.74, 6) is -3.08. The van der Waals surface area contributed by atoms with Crippen molar-refractivity contribution in [3.63, 3.8) is 0 Å². The van der Waals surface area contributed by atoms with Gasteiger partial charge >= 0.3 is 0 Å². The maximum Gasteiger partial charge on any atom is 0.250 e. The van der Waals surface area contributed by atoms with Crippen LogP contribution < -0.4 is 20.4 Å². The van der Waals surface area contributed by atoms with Crippen LogP contribution in [0.3, 0.4) is 0 Å². The summed E-state index contributed by atoms with van der Waals surface area (Å²) in [6.45, 7) is 22.7. The number of tetrazole rings is 2. The Balaban J connectivity index is 0.000000134. The van der Waals surface area contributed by atoms with Crippen molar-refractivity contribution in [2.75, 3.05) is 60.7 Å². The van der Waals surface area contributed by atoms with E-state index < -0.39 is 126 Å². The summed E-state index contributed by atoms with van der Waals surface area (Å²) in [4.78, 5) is 40.5. The molecule has 1 amide bonds. The minimum Gasteiger partial charge on any atom is -0.366 e. The average molecular weight is 1870 g/mol. The van der Waals surface area contributed by atoms with Gasteiger partial charge in [0.15, 0.2) is 34.4 Å². The van der Waals surface area contributed by atoms with E-state index in [9.17, 15) is 62.7 Å². The lowest BCUT2D eigenvalue weighted by Gasteiger charge is -2.27. The maximum absolute atomic E-state index is 14.7. The molecule has 0 aliphatic carbocycles. The van der Waals surface area contributed by atoms with Gasteiger partial charge in [-0.25, -0.2) is 81.7 Å². The summed E-state index contributed by atoms with van der Waals surface area (Å²) in [6, 6.07) is 21.7.